The van der Waals surface area contributed by atoms with Crippen molar-refractivity contribution in [2.24, 2.45) is 5.10 Å². The summed E-state index contributed by atoms with van der Waals surface area (Å²) in [6.07, 6.45) is 4.28. The van der Waals surface area contributed by atoms with Crippen molar-refractivity contribution in [2.75, 3.05) is 20.2 Å². The average molecular weight is 406 g/mol. The topological polar surface area (TPSA) is 45.1 Å². The minimum atomic E-state index is -0.0700. The number of amides is 1. The van der Waals surface area contributed by atoms with E-state index in [1.54, 1.807) is 12.1 Å². The fourth-order valence-corrected chi connectivity index (χ4v) is 4.40. The molecule has 2 aromatic rings. The summed E-state index contributed by atoms with van der Waals surface area (Å²) >= 11 is 0. The third-order valence-corrected chi connectivity index (χ3v) is 6.31. The minimum absolute atomic E-state index is 0.0700. The number of piperidine rings is 1. The highest BCUT2D eigenvalue weighted by atomic mass is 16.5. The monoisotopic (exact) mass is 405 g/mol. The largest absolute Gasteiger partial charge is 0.497 e. The zero-order chi connectivity index (χ0) is 21.1. The summed E-state index contributed by atoms with van der Waals surface area (Å²) in [5.41, 5.74) is 4.28. The van der Waals surface area contributed by atoms with Gasteiger partial charge in [0, 0.05) is 18.0 Å². The van der Waals surface area contributed by atoms with Crippen molar-refractivity contribution >= 4 is 11.6 Å². The third-order valence-electron chi connectivity index (χ3n) is 6.31. The van der Waals surface area contributed by atoms with Crippen LogP contribution in [0.15, 0.2) is 53.6 Å². The summed E-state index contributed by atoms with van der Waals surface area (Å²) in [6.45, 7) is 5.72. The number of nitrogens with zero attached hydrogens (tertiary/aromatic N) is 3. The molecule has 1 saturated heterocycles. The van der Waals surface area contributed by atoms with Crippen molar-refractivity contribution < 1.29 is 9.53 Å². The second-order valence-electron chi connectivity index (χ2n) is 8.46. The van der Waals surface area contributed by atoms with Gasteiger partial charge in [0.15, 0.2) is 0 Å². The Morgan fingerprint density at radius 1 is 1.17 bits per heavy atom. The first-order valence-corrected chi connectivity index (χ1v) is 10.9. The number of carbonyl (C=O) groups is 1. The molecule has 0 aromatic heterocycles. The number of likely N-dealkylation sites (tertiary alicyclic amines) is 1. The number of hydrogen-bond acceptors (Lipinski definition) is 4. The maximum absolute atomic E-state index is 13.4. The molecule has 1 amide bonds. The van der Waals surface area contributed by atoms with Crippen LogP contribution in [0.3, 0.4) is 0 Å². The maximum atomic E-state index is 13.4. The smallest absolute Gasteiger partial charge is 0.257 e. The fraction of sp³-hybridized carbons (Fsp3) is 0.440. The molecule has 0 spiro atoms. The van der Waals surface area contributed by atoms with Gasteiger partial charge in [-0.2, -0.15) is 5.10 Å². The number of methoxy groups -OCH3 is 1. The first kappa shape index (κ1) is 20.6. The lowest BCUT2D eigenvalue weighted by atomic mass is 9.97. The van der Waals surface area contributed by atoms with Crippen molar-refractivity contribution in [3.8, 4) is 5.75 Å². The molecule has 0 N–H and O–H groups in total. The standard InChI is InChI=1S/C25H31N3O2/c1-18-10-12-20(13-11-18)24-16-23(21-8-6-9-22(15-21)30-3)26-28(24)25(29)17-27-14-5-4-7-19(27)2/h6,8-13,15,19,24H,4-5,7,14,16-17H2,1-3H3. The van der Waals surface area contributed by atoms with Crippen molar-refractivity contribution in [1.82, 2.24) is 9.91 Å². The van der Waals surface area contributed by atoms with Gasteiger partial charge in [0.25, 0.3) is 5.91 Å². The predicted octanol–water partition coefficient (Wildman–Crippen LogP) is 4.56. The molecule has 2 atom stereocenters. The average Bonchev–Trinajstić information content (AvgIpc) is 3.21. The quantitative estimate of drug-likeness (QED) is 0.733. The second-order valence-corrected chi connectivity index (χ2v) is 8.46. The van der Waals surface area contributed by atoms with E-state index in [1.165, 1.54) is 12.0 Å². The maximum Gasteiger partial charge on any atom is 0.257 e. The molecule has 5 heteroatoms. The number of aryl methyl sites for hydroxylation is 1. The van der Waals surface area contributed by atoms with Crippen LogP contribution in [0.25, 0.3) is 0 Å². The summed E-state index contributed by atoms with van der Waals surface area (Å²) in [6, 6.07) is 16.8. The molecule has 2 unspecified atom stereocenters. The van der Waals surface area contributed by atoms with Crippen LogP contribution in [0.5, 0.6) is 5.75 Å². The van der Waals surface area contributed by atoms with Gasteiger partial charge < -0.3 is 4.74 Å². The first-order valence-electron chi connectivity index (χ1n) is 10.9. The van der Waals surface area contributed by atoms with Crippen molar-refractivity contribution in [3.63, 3.8) is 0 Å². The van der Waals surface area contributed by atoms with Crippen LogP contribution in [0.2, 0.25) is 0 Å². The Balaban J connectivity index is 1.61. The molecule has 2 aliphatic rings. The highest BCUT2D eigenvalue weighted by Gasteiger charge is 2.34. The fourth-order valence-electron chi connectivity index (χ4n) is 4.40. The second kappa shape index (κ2) is 9.00. The molecule has 4 rings (SSSR count). The van der Waals surface area contributed by atoms with E-state index in [9.17, 15) is 4.79 Å². The Morgan fingerprint density at radius 2 is 1.97 bits per heavy atom. The molecule has 0 saturated carbocycles. The summed E-state index contributed by atoms with van der Waals surface area (Å²) in [4.78, 5) is 15.7. The molecule has 158 valence electrons. The molecular weight excluding hydrogens is 374 g/mol. The predicted molar refractivity (Wildman–Crippen MR) is 120 cm³/mol. The Morgan fingerprint density at radius 3 is 2.70 bits per heavy atom. The van der Waals surface area contributed by atoms with E-state index in [2.05, 4.69) is 43.0 Å². The molecule has 0 radical (unpaired) electrons. The van der Waals surface area contributed by atoms with Gasteiger partial charge in [0.05, 0.1) is 25.4 Å². The normalized spacial score (nSPS) is 22.1. The van der Waals surface area contributed by atoms with Crippen LogP contribution in [-0.4, -0.2) is 47.8 Å². The number of hydrazone groups is 1. The Labute approximate surface area is 179 Å². The lowest BCUT2D eigenvalue weighted by Gasteiger charge is -2.34. The molecular formula is C25H31N3O2. The van der Waals surface area contributed by atoms with Crippen LogP contribution >= 0.6 is 0 Å². The Kier molecular flexibility index (Phi) is 6.18. The molecule has 2 aromatic carbocycles. The molecule has 2 heterocycles. The first-order chi connectivity index (χ1) is 14.5. The number of rotatable bonds is 5. The van der Waals surface area contributed by atoms with Crippen LogP contribution in [0, 0.1) is 6.92 Å². The van der Waals surface area contributed by atoms with Gasteiger partial charge in [-0.1, -0.05) is 48.4 Å². The minimum Gasteiger partial charge on any atom is -0.497 e. The van der Waals surface area contributed by atoms with Crippen molar-refractivity contribution in [1.29, 1.82) is 0 Å². The number of benzene rings is 2. The van der Waals surface area contributed by atoms with Crippen LogP contribution in [-0.2, 0) is 4.79 Å². The van der Waals surface area contributed by atoms with Gasteiger partial charge >= 0.3 is 0 Å². The Bertz CT molecular complexity index is 922. The summed E-state index contributed by atoms with van der Waals surface area (Å²) in [5, 5.41) is 6.55. The highest BCUT2D eigenvalue weighted by molar-refractivity contribution is 6.03. The summed E-state index contributed by atoms with van der Waals surface area (Å²) in [5.74, 6) is 0.876. The molecule has 5 nitrogen and oxygen atoms in total. The zero-order valence-corrected chi connectivity index (χ0v) is 18.2. The van der Waals surface area contributed by atoms with Crippen molar-refractivity contribution in [3.05, 3.63) is 65.2 Å². The van der Waals surface area contributed by atoms with Crippen LogP contribution in [0.4, 0.5) is 0 Å². The van der Waals surface area contributed by atoms with E-state index in [-0.39, 0.29) is 11.9 Å². The summed E-state index contributed by atoms with van der Waals surface area (Å²) < 4.78 is 5.38. The highest BCUT2D eigenvalue weighted by Crippen LogP contribution is 2.34. The SMILES string of the molecule is COc1cccc(C2=NN(C(=O)CN3CCCCC3C)C(c3ccc(C)cc3)C2)c1. The van der Waals surface area contributed by atoms with E-state index < -0.39 is 0 Å². The van der Waals surface area contributed by atoms with Gasteiger partial charge in [-0.05, 0) is 50.9 Å². The van der Waals surface area contributed by atoms with Gasteiger partial charge in [-0.25, -0.2) is 5.01 Å². The number of carbonyl (C=O) groups excluding carboxylic acids is 1. The van der Waals surface area contributed by atoms with Crippen LogP contribution in [0.1, 0.15) is 55.3 Å². The Hall–Kier alpha value is -2.66. The van der Waals surface area contributed by atoms with E-state index in [0.29, 0.717) is 19.0 Å². The van der Waals surface area contributed by atoms with Gasteiger partial charge in [-0.15, -0.1) is 0 Å². The summed E-state index contributed by atoms with van der Waals surface area (Å²) in [7, 11) is 1.67. The van der Waals surface area contributed by atoms with E-state index in [4.69, 9.17) is 9.84 Å². The van der Waals surface area contributed by atoms with Crippen molar-refractivity contribution in [2.45, 2.75) is 51.6 Å². The third kappa shape index (κ3) is 4.41. The van der Waals surface area contributed by atoms with Crippen LogP contribution < -0.4 is 4.74 Å². The molecule has 0 aliphatic carbocycles. The van der Waals surface area contributed by atoms with E-state index >= 15 is 0 Å². The molecule has 1 fully saturated rings. The van der Waals surface area contributed by atoms with E-state index in [0.717, 1.165) is 42.0 Å². The van der Waals surface area contributed by atoms with Gasteiger partial charge in [-0.3, -0.25) is 9.69 Å². The lowest BCUT2D eigenvalue weighted by molar-refractivity contribution is -0.135. The zero-order valence-electron chi connectivity index (χ0n) is 18.2. The number of hydrogen-bond donors (Lipinski definition) is 0. The van der Waals surface area contributed by atoms with E-state index in [1.807, 2.05) is 24.3 Å². The molecule has 0 bridgehead atoms. The number of ether oxygens (including phenoxy) is 1. The molecule has 2 aliphatic heterocycles. The van der Waals surface area contributed by atoms with Gasteiger partial charge in [0.1, 0.15) is 5.75 Å². The lowest BCUT2D eigenvalue weighted by Crippen LogP contribution is -2.44. The molecule has 30 heavy (non-hydrogen) atoms. The van der Waals surface area contributed by atoms with Gasteiger partial charge in [0.2, 0.25) is 0 Å².